The van der Waals surface area contributed by atoms with Crippen LogP contribution in [0.1, 0.15) is 20.8 Å². The Morgan fingerprint density at radius 1 is 0.567 bits per heavy atom. The number of carbonyl (C=O) groups excluding carboxylic acids is 6. The van der Waals surface area contributed by atoms with Crippen LogP contribution in [0.2, 0.25) is 0 Å². The number of hydrogen-bond donors (Lipinski definition) is 3. The number of hydrogen-bond acceptors (Lipinski definition) is 9. The van der Waals surface area contributed by atoms with E-state index in [0.29, 0.717) is 0 Å². The minimum Gasteiger partial charge on any atom is -0.459 e. The topological polar surface area (TPSA) is 166 Å². The van der Waals surface area contributed by atoms with Gasteiger partial charge in [0.2, 0.25) is 0 Å². The van der Waals surface area contributed by atoms with Crippen LogP contribution in [0.5, 0.6) is 0 Å². The van der Waals surface area contributed by atoms with Crippen LogP contribution >= 0.6 is 0 Å². The van der Waals surface area contributed by atoms with E-state index >= 15 is 0 Å². The van der Waals surface area contributed by atoms with Gasteiger partial charge in [-0.25, -0.2) is 14.4 Å². The average molecular weight is 423 g/mol. The number of amides is 3. The summed E-state index contributed by atoms with van der Waals surface area (Å²) in [5.74, 6) is -6.82. The quantitative estimate of drug-likeness (QED) is 0.329. The molecule has 0 aliphatic carbocycles. The number of carbonyl (C=O) groups is 6. The summed E-state index contributed by atoms with van der Waals surface area (Å²) < 4.78 is 13.7. The molecule has 12 heteroatoms. The molecule has 30 heavy (non-hydrogen) atoms. The predicted octanol–water partition coefficient (Wildman–Crippen LogP) is 0.191. The van der Waals surface area contributed by atoms with Crippen LogP contribution in [0.25, 0.3) is 0 Å². The monoisotopic (exact) mass is 423 g/mol. The van der Waals surface area contributed by atoms with E-state index in [1.54, 1.807) is 0 Å². The van der Waals surface area contributed by atoms with Gasteiger partial charge in [0.25, 0.3) is 0 Å². The van der Waals surface area contributed by atoms with Crippen LogP contribution in [-0.2, 0) is 43.0 Å². The highest BCUT2D eigenvalue weighted by Gasteiger charge is 2.20. The average Bonchev–Trinajstić information content (AvgIpc) is 2.68. The molecule has 0 saturated carbocycles. The second-order valence-corrected chi connectivity index (χ2v) is 5.32. The molecule has 0 radical (unpaired) electrons. The molecule has 0 fully saturated rings. The zero-order chi connectivity index (χ0) is 22.7. The summed E-state index contributed by atoms with van der Waals surface area (Å²) in [5, 5.41) is 6.64. The highest BCUT2D eigenvalue weighted by Crippen LogP contribution is 2.23. The summed E-state index contributed by atoms with van der Waals surface area (Å²) in [7, 11) is 0. The summed E-state index contributed by atoms with van der Waals surface area (Å²) in [5.41, 5.74) is -0.142. The second-order valence-electron chi connectivity index (χ2n) is 5.32. The molecule has 0 spiro atoms. The minimum absolute atomic E-state index is 0.0251. The lowest BCUT2D eigenvalue weighted by Crippen LogP contribution is -2.27. The number of esters is 3. The zero-order valence-electron chi connectivity index (χ0n) is 16.5. The van der Waals surface area contributed by atoms with Gasteiger partial charge >= 0.3 is 35.6 Å². The van der Waals surface area contributed by atoms with Gasteiger partial charge in [0.15, 0.2) is 0 Å². The molecule has 12 nitrogen and oxygen atoms in total. The molecule has 1 rings (SSSR count). The van der Waals surface area contributed by atoms with Gasteiger partial charge in [-0.2, -0.15) is 0 Å². The Morgan fingerprint density at radius 2 is 0.800 bits per heavy atom. The van der Waals surface area contributed by atoms with Gasteiger partial charge < -0.3 is 30.2 Å². The number of rotatable bonds is 6. The lowest BCUT2D eigenvalue weighted by atomic mass is 10.2. The Morgan fingerprint density at radius 3 is 1.00 bits per heavy atom. The number of ether oxygens (including phenoxy) is 3. The number of anilines is 3. The molecule has 0 aliphatic rings. The standard InChI is InChI=1S/C18H21N3O9/c1-4-28-16(25)13(22)19-10-7-11(20-14(23)17(26)29-5-2)9-12(8-10)21-15(24)18(27)30-6-3/h7-9H,4-6H2,1-3H3,(H,19,22)(H,20,23)(H,21,24). The summed E-state index contributed by atoms with van der Waals surface area (Å²) in [6.07, 6.45) is 0. The molecule has 1 aromatic carbocycles. The fourth-order valence-corrected chi connectivity index (χ4v) is 1.98. The maximum Gasteiger partial charge on any atom is 0.397 e. The van der Waals surface area contributed by atoms with Crippen molar-refractivity contribution < 1.29 is 43.0 Å². The van der Waals surface area contributed by atoms with Crippen molar-refractivity contribution in [1.82, 2.24) is 0 Å². The minimum atomic E-state index is -1.16. The highest BCUT2D eigenvalue weighted by atomic mass is 16.5. The van der Waals surface area contributed by atoms with E-state index in [-0.39, 0.29) is 36.9 Å². The molecule has 0 bridgehead atoms. The third-order valence-corrected chi connectivity index (χ3v) is 3.09. The van der Waals surface area contributed by atoms with E-state index < -0.39 is 35.6 Å². The van der Waals surface area contributed by atoms with Crippen molar-refractivity contribution in [3.8, 4) is 0 Å². The first-order valence-electron chi connectivity index (χ1n) is 8.81. The van der Waals surface area contributed by atoms with Gasteiger partial charge in [0.1, 0.15) is 0 Å². The van der Waals surface area contributed by atoms with Crippen molar-refractivity contribution in [3.63, 3.8) is 0 Å². The fraction of sp³-hybridized carbons (Fsp3) is 0.333. The van der Waals surface area contributed by atoms with Crippen LogP contribution < -0.4 is 16.0 Å². The van der Waals surface area contributed by atoms with E-state index in [4.69, 9.17) is 0 Å². The lowest BCUT2D eigenvalue weighted by Gasteiger charge is -2.12. The van der Waals surface area contributed by atoms with Crippen LogP contribution in [0.15, 0.2) is 18.2 Å². The molecule has 0 aliphatic heterocycles. The third kappa shape index (κ3) is 7.58. The molecule has 0 atom stereocenters. The van der Waals surface area contributed by atoms with E-state index in [1.807, 2.05) is 0 Å². The Bertz CT molecular complexity index is 730. The molecule has 3 amide bonds. The van der Waals surface area contributed by atoms with Crippen molar-refractivity contribution in [2.45, 2.75) is 20.8 Å². The summed E-state index contributed by atoms with van der Waals surface area (Å²) in [4.78, 5) is 70.0. The van der Waals surface area contributed by atoms with E-state index in [9.17, 15) is 28.8 Å². The lowest BCUT2D eigenvalue weighted by molar-refractivity contribution is -0.152. The summed E-state index contributed by atoms with van der Waals surface area (Å²) >= 11 is 0. The molecule has 162 valence electrons. The van der Waals surface area contributed by atoms with Gasteiger partial charge in [-0.1, -0.05) is 0 Å². The fourth-order valence-electron chi connectivity index (χ4n) is 1.98. The van der Waals surface area contributed by atoms with Crippen LogP contribution in [0.4, 0.5) is 17.1 Å². The maximum atomic E-state index is 11.8. The Hall–Kier alpha value is -3.96. The smallest absolute Gasteiger partial charge is 0.397 e. The molecule has 0 saturated heterocycles. The summed E-state index contributed by atoms with van der Waals surface area (Å²) in [6.45, 7) is 4.47. The van der Waals surface area contributed by atoms with E-state index in [0.717, 1.165) is 0 Å². The van der Waals surface area contributed by atoms with Gasteiger partial charge in [-0.05, 0) is 39.0 Å². The van der Waals surface area contributed by atoms with Crippen LogP contribution in [-0.4, -0.2) is 55.5 Å². The largest absolute Gasteiger partial charge is 0.459 e. The van der Waals surface area contributed by atoms with Crippen molar-refractivity contribution >= 4 is 52.7 Å². The first-order valence-corrected chi connectivity index (χ1v) is 8.81. The Labute approximate surface area is 171 Å². The van der Waals surface area contributed by atoms with Crippen molar-refractivity contribution in [3.05, 3.63) is 18.2 Å². The van der Waals surface area contributed by atoms with E-state index in [1.165, 1.54) is 39.0 Å². The van der Waals surface area contributed by atoms with Crippen molar-refractivity contribution in [2.75, 3.05) is 35.8 Å². The van der Waals surface area contributed by atoms with Crippen molar-refractivity contribution in [2.24, 2.45) is 0 Å². The zero-order valence-corrected chi connectivity index (χ0v) is 16.5. The Kier molecular flexibility index (Phi) is 9.46. The highest BCUT2D eigenvalue weighted by molar-refractivity contribution is 6.39. The van der Waals surface area contributed by atoms with Gasteiger partial charge in [-0.3, -0.25) is 14.4 Å². The molecular weight excluding hydrogens is 402 g/mol. The first-order chi connectivity index (χ1) is 14.2. The number of nitrogens with one attached hydrogen (secondary N) is 3. The van der Waals surface area contributed by atoms with Gasteiger partial charge in [-0.15, -0.1) is 0 Å². The van der Waals surface area contributed by atoms with Gasteiger partial charge in [0.05, 0.1) is 19.8 Å². The molecule has 0 aromatic heterocycles. The summed E-state index contributed by atoms with van der Waals surface area (Å²) in [6, 6.07) is 3.61. The maximum absolute atomic E-state index is 11.8. The predicted molar refractivity (Wildman–Crippen MR) is 102 cm³/mol. The first kappa shape index (κ1) is 24.1. The molecule has 1 aromatic rings. The normalized spacial score (nSPS) is 9.70. The second kappa shape index (κ2) is 11.8. The molecule has 3 N–H and O–H groups in total. The van der Waals surface area contributed by atoms with Crippen molar-refractivity contribution in [1.29, 1.82) is 0 Å². The van der Waals surface area contributed by atoms with Crippen LogP contribution in [0, 0.1) is 0 Å². The molecule has 0 heterocycles. The Balaban J connectivity index is 3.13. The third-order valence-electron chi connectivity index (χ3n) is 3.09. The molecular formula is C18H21N3O9. The van der Waals surface area contributed by atoms with Crippen LogP contribution in [0.3, 0.4) is 0 Å². The van der Waals surface area contributed by atoms with Gasteiger partial charge in [0, 0.05) is 17.1 Å². The molecule has 0 unspecified atom stereocenters. The van der Waals surface area contributed by atoms with E-state index in [2.05, 4.69) is 30.2 Å². The number of benzene rings is 1. The SMILES string of the molecule is CCOC(=O)C(=O)Nc1cc(NC(=O)C(=O)OCC)cc(NC(=O)C(=O)OCC)c1.